The first kappa shape index (κ1) is 9.86. The summed E-state index contributed by atoms with van der Waals surface area (Å²) in [6.07, 6.45) is 7.40. The normalized spacial score (nSPS) is 45.5. The molecule has 84 valence electrons. The summed E-state index contributed by atoms with van der Waals surface area (Å²) in [5, 5.41) is 0. The molecule has 0 radical (unpaired) electrons. The van der Waals surface area contributed by atoms with Crippen molar-refractivity contribution in [3.63, 3.8) is 0 Å². The molecule has 15 heavy (non-hydrogen) atoms. The van der Waals surface area contributed by atoms with E-state index in [-0.39, 0.29) is 16.2 Å². The van der Waals surface area contributed by atoms with Gasteiger partial charge >= 0.3 is 0 Å². The van der Waals surface area contributed by atoms with Crippen molar-refractivity contribution in [2.24, 2.45) is 22.2 Å². The lowest BCUT2D eigenvalue weighted by atomic mass is 9.68. The highest BCUT2D eigenvalue weighted by Gasteiger charge is 2.72. The third-order valence-electron chi connectivity index (χ3n) is 6.34. The second-order valence-electron chi connectivity index (χ2n) is 6.84. The number of carbonyl (C=O) groups excluding carboxylic acids is 1. The number of fused-ring (bicyclic) bond motifs is 3. The second kappa shape index (κ2) is 2.49. The summed E-state index contributed by atoms with van der Waals surface area (Å²) in [6, 6.07) is 0. The molecule has 2 atom stereocenters. The van der Waals surface area contributed by atoms with Gasteiger partial charge in [-0.3, -0.25) is 4.79 Å². The summed E-state index contributed by atoms with van der Waals surface area (Å²) in [5.41, 5.74) is 0.382. The van der Waals surface area contributed by atoms with Crippen molar-refractivity contribution in [2.45, 2.75) is 59.3 Å². The van der Waals surface area contributed by atoms with Crippen LogP contribution in [0.25, 0.3) is 0 Å². The van der Waals surface area contributed by atoms with E-state index in [1.165, 1.54) is 32.1 Å². The molecule has 3 aliphatic rings. The Morgan fingerprint density at radius 2 is 1.67 bits per heavy atom. The molecular formula is C14H22O. The molecule has 0 N–H and O–H groups in total. The Hall–Kier alpha value is -0.330. The minimum absolute atomic E-state index is 0.00199. The summed E-state index contributed by atoms with van der Waals surface area (Å²) >= 11 is 0. The monoisotopic (exact) mass is 206 g/mol. The van der Waals surface area contributed by atoms with Gasteiger partial charge < -0.3 is 0 Å². The molecule has 0 amide bonds. The lowest BCUT2D eigenvalue weighted by molar-refractivity contribution is -0.137. The highest BCUT2D eigenvalue weighted by atomic mass is 16.1. The number of hydrogen-bond donors (Lipinski definition) is 0. The molecule has 0 saturated heterocycles. The van der Waals surface area contributed by atoms with Crippen LogP contribution in [0.3, 0.4) is 0 Å². The Labute approximate surface area is 92.6 Å². The predicted molar refractivity (Wildman–Crippen MR) is 60.5 cm³/mol. The van der Waals surface area contributed by atoms with Crippen molar-refractivity contribution in [3.8, 4) is 0 Å². The first-order valence-corrected chi connectivity index (χ1v) is 6.50. The SMILES string of the molecule is CC12CCC(C3(CCCC3)C1=O)C2(C)C. The van der Waals surface area contributed by atoms with Gasteiger partial charge in [0.15, 0.2) is 0 Å². The zero-order valence-corrected chi connectivity index (χ0v) is 10.2. The molecule has 0 aromatic heterocycles. The van der Waals surface area contributed by atoms with Gasteiger partial charge in [-0.15, -0.1) is 0 Å². The maximum atomic E-state index is 12.7. The number of hydrogen-bond acceptors (Lipinski definition) is 1. The van der Waals surface area contributed by atoms with Crippen LogP contribution in [-0.4, -0.2) is 5.78 Å². The fraction of sp³-hybridized carbons (Fsp3) is 0.929. The van der Waals surface area contributed by atoms with Gasteiger partial charge in [0.2, 0.25) is 0 Å². The van der Waals surface area contributed by atoms with E-state index < -0.39 is 0 Å². The van der Waals surface area contributed by atoms with E-state index in [2.05, 4.69) is 20.8 Å². The highest BCUT2D eigenvalue weighted by Crippen LogP contribution is 2.73. The quantitative estimate of drug-likeness (QED) is 0.592. The standard InChI is InChI=1S/C14H22O/c1-12(2)10-6-9-13(12,3)11(15)14(10)7-4-5-8-14/h10H,4-9H2,1-3H3. The van der Waals surface area contributed by atoms with Crippen LogP contribution in [0.4, 0.5) is 0 Å². The molecule has 1 heteroatoms. The molecule has 1 spiro atoms. The maximum Gasteiger partial charge on any atom is 0.145 e. The second-order valence-corrected chi connectivity index (χ2v) is 6.84. The van der Waals surface area contributed by atoms with Crippen LogP contribution >= 0.6 is 0 Å². The van der Waals surface area contributed by atoms with Crippen molar-refractivity contribution < 1.29 is 4.79 Å². The van der Waals surface area contributed by atoms with E-state index in [0.29, 0.717) is 11.7 Å². The van der Waals surface area contributed by atoms with Gasteiger partial charge in [-0.2, -0.15) is 0 Å². The van der Waals surface area contributed by atoms with Crippen molar-refractivity contribution >= 4 is 5.78 Å². The molecule has 2 bridgehead atoms. The summed E-state index contributed by atoms with van der Waals surface area (Å²) < 4.78 is 0. The Morgan fingerprint density at radius 3 is 2.13 bits per heavy atom. The Morgan fingerprint density at radius 1 is 1.07 bits per heavy atom. The smallest absolute Gasteiger partial charge is 0.145 e. The van der Waals surface area contributed by atoms with Crippen molar-refractivity contribution in [2.75, 3.05) is 0 Å². The van der Waals surface area contributed by atoms with Gasteiger partial charge in [-0.1, -0.05) is 33.6 Å². The first-order valence-electron chi connectivity index (χ1n) is 6.50. The summed E-state index contributed by atoms with van der Waals surface area (Å²) in [5.74, 6) is 1.32. The minimum Gasteiger partial charge on any atom is -0.298 e. The fourth-order valence-corrected chi connectivity index (χ4v) is 5.16. The predicted octanol–water partition coefficient (Wildman–Crippen LogP) is 3.57. The van der Waals surface area contributed by atoms with Gasteiger partial charge in [0.25, 0.3) is 0 Å². The first-order chi connectivity index (χ1) is 6.95. The van der Waals surface area contributed by atoms with Crippen LogP contribution in [0, 0.1) is 22.2 Å². The van der Waals surface area contributed by atoms with Gasteiger partial charge in [0.05, 0.1) is 0 Å². The van der Waals surface area contributed by atoms with E-state index in [0.717, 1.165) is 6.42 Å². The molecular weight excluding hydrogens is 184 g/mol. The average Bonchev–Trinajstić information content (AvgIpc) is 2.74. The molecule has 2 unspecified atom stereocenters. The van der Waals surface area contributed by atoms with Crippen LogP contribution in [-0.2, 0) is 4.79 Å². The van der Waals surface area contributed by atoms with Crippen LogP contribution in [0.5, 0.6) is 0 Å². The van der Waals surface area contributed by atoms with E-state index >= 15 is 0 Å². The Kier molecular flexibility index (Phi) is 1.64. The molecule has 3 saturated carbocycles. The van der Waals surface area contributed by atoms with Crippen molar-refractivity contribution in [1.82, 2.24) is 0 Å². The highest BCUT2D eigenvalue weighted by molar-refractivity contribution is 5.95. The average molecular weight is 206 g/mol. The lowest BCUT2D eigenvalue weighted by Gasteiger charge is -2.34. The van der Waals surface area contributed by atoms with Gasteiger partial charge in [0, 0.05) is 10.8 Å². The topological polar surface area (TPSA) is 17.1 Å². The molecule has 1 nitrogen and oxygen atoms in total. The number of ketones is 1. The van der Waals surface area contributed by atoms with Gasteiger partial charge in [-0.25, -0.2) is 0 Å². The molecule has 0 aromatic rings. The zero-order chi connectivity index (χ0) is 10.9. The third kappa shape index (κ3) is 0.819. The van der Waals surface area contributed by atoms with E-state index in [9.17, 15) is 4.79 Å². The Balaban J connectivity index is 2.14. The van der Waals surface area contributed by atoms with Crippen LogP contribution in [0.2, 0.25) is 0 Å². The van der Waals surface area contributed by atoms with Crippen LogP contribution < -0.4 is 0 Å². The molecule has 0 aliphatic heterocycles. The van der Waals surface area contributed by atoms with Crippen LogP contribution in [0.15, 0.2) is 0 Å². The van der Waals surface area contributed by atoms with E-state index in [1.54, 1.807) is 0 Å². The summed E-state index contributed by atoms with van der Waals surface area (Å²) in [6.45, 7) is 6.92. The van der Waals surface area contributed by atoms with E-state index in [1.807, 2.05) is 0 Å². The minimum atomic E-state index is 0.00199. The number of rotatable bonds is 0. The maximum absolute atomic E-state index is 12.7. The zero-order valence-electron chi connectivity index (χ0n) is 10.2. The van der Waals surface area contributed by atoms with E-state index in [4.69, 9.17) is 0 Å². The third-order valence-corrected chi connectivity index (χ3v) is 6.34. The van der Waals surface area contributed by atoms with Crippen molar-refractivity contribution in [1.29, 1.82) is 0 Å². The van der Waals surface area contributed by atoms with Gasteiger partial charge in [-0.05, 0) is 37.0 Å². The lowest BCUT2D eigenvalue weighted by Crippen LogP contribution is -2.38. The molecule has 0 heterocycles. The summed E-state index contributed by atoms with van der Waals surface area (Å²) in [7, 11) is 0. The number of Topliss-reactive ketones (excluding diaryl/α,β-unsaturated/α-hetero) is 1. The molecule has 0 aromatic carbocycles. The Bertz CT molecular complexity index is 322. The van der Waals surface area contributed by atoms with Gasteiger partial charge in [0.1, 0.15) is 5.78 Å². The largest absolute Gasteiger partial charge is 0.298 e. The molecule has 3 fully saturated rings. The summed E-state index contributed by atoms with van der Waals surface area (Å²) in [4.78, 5) is 12.7. The number of carbonyl (C=O) groups is 1. The molecule has 3 rings (SSSR count). The molecule has 3 aliphatic carbocycles. The fourth-order valence-electron chi connectivity index (χ4n) is 5.16. The van der Waals surface area contributed by atoms with Crippen molar-refractivity contribution in [3.05, 3.63) is 0 Å². The van der Waals surface area contributed by atoms with Crippen LogP contribution in [0.1, 0.15) is 59.3 Å².